The Labute approximate surface area is 258 Å². The number of furan rings is 1. The molecule has 2 atom stereocenters. The number of carbonyl (C=O) groups excluding carboxylic acids is 5. The Morgan fingerprint density at radius 3 is 2.64 bits per heavy atom. The van der Waals surface area contributed by atoms with Gasteiger partial charge in [-0.25, -0.2) is 0 Å². The number of anilines is 1. The molecule has 230 valence electrons. The number of piperidine rings is 1. The van der Waals surface area contributed by atoms with Crippen molar-refractivity contribution in [1.29, 1.82) is 0 Å². The van der Waals surface area contributed by atoms with Crippen molar-refractivity contribution in [3.8, 4) is 0 Å². The minimum absolute atomic E-state index is 0.0696. The number of unbranched alkanes of at least 4 members (excludes halogenated alkanes) is 3. The molecule has 2 aromatic heterocycles. The zero-order valence-corrected chi connectivity index (χ0v) is 24.5. The van der Waals surface area contributed by atoms with Crippen molar-refractivity contribution in [2.75, 3.05) is 11.9 Å². The van der Waals surface area contributed by atoms with E-state index in [0.29, 0.717) is 36.5 Å². The van der Waals surface area contributed by atoms with E-state index in [2.05, 4.69) is 25.9 Å². The topological polar surface area (TPSA) is 164 Å². The first-order valence-electron chi connectivity index (χ1n) is 15.0. The summed E-state index contributed by atoms with van der Waals surface area (Å²) in [7, 11) is 0. The number of aromatic nitrogens is 2. The third kappa shape index (κ3) is 6.30. The summed E-state index contributed by atoms with van der Waals surface area (Å²) >= 11 is 0. The number of hydrogen-bond donors (Lipinski definition) is 3. The van der Waals surface area contributed by atoms with Gasteiger partial charge in [0.25, 0.3) is 11.8 Å². The normalized spacial score (nSPS) is 16.9. The molecule has 1 fully saturated rings. The minimum atomic E-state index is -1.00. The lowest BCUT2D eigenvalue weighted by molar-refractivity contribution is -0.136. The summed E-state index contributed by atoms with van der Waals surface area (Å²) in [5.41, 5.74) is 2.32. The van der Waals surface area contributed by atoms with Gasteiger partial charge in [0.2, 0.25) is 17.7 Å². The number of carbonyl (C=O) groups is 5. The fraction of sp³-hybridized carbons (Fsp3) is 0.303. The summed E-state index contributed by atoms with van der Waals surface area (Å²) in [6, 6.07) is 13.0. The zero-order valence-electron chi connectivity index (χ0n) is 24.5. The fourth-order valence-corrected chi connectivity index (χ4v) is 5.78. The van der Waals surface area contributed by atoms with Crippen LogP contribution in [0.4, 0.5) is 5.69 Å². The second-order valence-corrected chi connectivity index (χ2v) is 11.1. The number of nitrogens with zero attached hydrogens (tertiary/aromatic N) is 3. The van der Waals surface area contributed by atoms with Crippen LogP contribution >= 0.6 is 0 Å². The number of benzene rings is 2. The van der Waals surface area contributed by atoms with Gasteiger partial charge in [0, 0.05) is 42.9 Å². The quantitative estimate of drug-likeness (QED) is 0.160. The van der Waals surface area contributed by atoms with Gasteiger partial charge < -0.3 is 15.1 Å². The van der Waals surface area contributed by atoms with Gasteiger partial charge in [-0.15, -0.1) is 0 Å². The van der Waals surface area contributed by atoms with Crippen LogP contribution in [0.25, 0.3) is 11.0 Å². The van der Waals surface area contributed by atoms with Crippen LogP contribution in [-0.2, 0) is 14.4 Å². The Balaban J connectivity index is 0.978. The second kappa shape index (κ2) is 13.1. The lowest BCUT2D eigenvalue weighted by Gasteiger charge is -2.27. The van der Waals surface area contributed by atoms with Gasteiger partial charge in [-0.1, -0.05) is 37.1 Å². The number of imide groups is 2. The predicted molar refractivity (Wildman–Crippen MR) is 163 cm³/mol. The molecule has 0 aliphatic carbocycles. The van der Waals surface area contributed by atoms with Gasteiger partial charge in [0.05, 0.1) is 23.0 Å². The predicted octanol–water partition coefficient (Wildman–Crippen LogP) is 3.89. The Bertz CT molecular complexity index is 1740. The van der Waals surface area contributed by atoms with Gasteiger partial charge >= 0.3 is 0 Å². The van der Waals surface area contributed by atoms with Crippen LogP contribution in [-0.4, -0.2) is 57.0 Å². The fourth-order valence-electron chi connectivity index (χ4n) is 5.78. The molecule has 6 rings (SSSR count). The highest BCUT2D eigenvalue weighted by Gasteiger charge is 2.45. The third-order valence-electron chi connectivity index (χ3n) is 8.03. The van der Waals surface area contributed by atoms with Crippen molar-refractivity contribution < 1.29 is 28.4 Å². The van der Waals surface area contributed by atoms with Gasteiger partial charge in [0.15, 0.2) is 0 Å². The summed E-state index contributed by atoms with van der Waals surface area (Å²) in [6.07, 6.45) is 8.43. The van der Waals surface area contributed by atoms with Crippen LogP contribution in [0.5, 0.6) is 0 Å². The molecular weight excluding hydrogens is 576 g/mol. The van der Waals surface area contributed by atoms with Crippen molar-refractivity contribution in [2.24, 2.45) is 0 Å². The Hall–Kier alpha value is -5.39. The van der Waals surface area contributed by atoms with E-state index in [0.717, 1.165) is 35.1 Å². The number of para-hydroxylation sites is 1. The first-order chi connectivity index (χ1) is 21.9. The van der Waals surface area contributed by atoms with E-state index in [1.165, 1.54) is 0 Å². The third-order valence-corrected chi connectivity index (χ3v) is 8.03. The molecule has 12 heteroatoms. The van der Waals surface area contributed by atoms with Gasteiger partial charge in [-0.2, -0.15) is 0 Å². The van der Waals surface area contributed by atoms with Crippen molar-refractivity contribution >= 4 is 46.2 Å². The number of fused-ring (bicyclic) bond motifs is 2. The first kappa shape index (κ1) is 29.7. The van der Waals surface area contributed by atoms with Crippen LogP contribution < -0.4 is 16.0 Å². The van der Waals surface area contributed by atoms with Crippen molar-refractivity contribution in [3.63, 3.8) is 0 Å². The summed E-state index contributed by atoms with van der Waals surface area (Å²) in [4.78, 5) is 72.6. The summed E-state index contributed by atoms with van der Waals surface area (Å²) in [5.74, 6) is -1.65. The lowest BCUT2D eigenvalue weighted by atomic mass is 10.0. The molecular formula is C33H32N6O6. The monoisotopic (exact) mass is 608 g/mol. The van der Waals surface area contributed by atoms with Gasteiger partial charge in [-0.3, -0.25) is 44.2 Å². The molecule has 2 aliphatic heterocycles. The van der Waals surface area contributed by atoms with Crippen molar-refractivity contribution in [3.05, 3.63) is 89.7 Å². The molecule has 4 aromatic rings. The molecule has 0 spiro atoms. The molecule has 12 nitrogen and oxygen atoms in total. The molecule has 5 amide bonds. The van der Waals surface area contributed by atoms with E-state index in [4.69, 9.17) is 4.42 Å². The maximum atomic E-state index is 13.2. The van der Waals surface area contributed by atoms with Gasteiger partial charge in [-0.05, 0) is 43.5 Å². The summed E-state index contributed by atoms with van der Waals surface area (Å²) in [6.45, 7) is 0.559. The highest BCUT2D eigenvalue weighted by Crippen LogP contribution is 2.32. The summed E-state index contributed by atoms with van der Waals surface area (Å²) in [5, 5.41) is 9.45. The zero-order chi connectivity index (χ0) is 31.3. The SMILES string of the molecule is O=C1CCC(N2C(=O)c3cccc(NCCCCCCC(=O)NC(c4cnccn4)c4cc5ccccc5o4)c3C2=O)C(=O)N1. The molecule has 0 bridgehead atoms. The molecule has 1 saturated heterocycles. The van der Waals surface area contributed by atoms with Crippen LogP contribution in [0.3, 0.4) is 0 Å². The highest BCUT2D eigenvalue weighted by atomic mass is 16.3. The highest BCUT2D eigenvalue weighted by molar-refractivity contribution is 6.25. The Kier molecular flexibility index (Phi) is 8.63. The number of hydrogen-bond acceptors (Lipinski definition) is 9. The van der Waals surface area contributed by atoms with Crippen LogP contribution in [0.15, 0.2) is 71.5 Å². The van der Waals surface area contributed by atoms with E-state index in [9.17, 15) is 24.0 Å². The molecule has 45 heavy (non-hydrogen) atoms. The molecule has 2 aromatic carbocycles. The molecule has 0 radical (unpaired) electrons. The van der Waals surface area contributed by atoms with E-state index in [1.807, 2.05) is 30.3 Å². The smallest absolute Gasteiger partial charge is 0.264 e. The first-order valence-corrected chi connectivity index (χ1v) is 15.0. The Morgan fingerprint density at radius 2 is 1.84 bits per heavy atom. The summed E-state index contributed by atoms with van der Waals surface area (Å²) < 4.78 is 6.02. The van der Waals surface area contributed by atoms with Crippen LogP contribution in [0.2, 0.25) is 0 Å². The maximum absolute atomic E-state index is 13.2. The number of nitrogens with one attached hydrogen (secondary N) is 3. The van der Waals surface area contributed by atoms with Crippen molar-refractivity contribution in [2.45, 2.75) is 57.0 Å². The average molecular weight is 609 g/mol. The lowest BCUT2D eigenvalue weighted by Crippen LogP contribution is -2.54. The standard InChI is InChI=1S/C33H32N6O6/c40-27(37-30(23-19-34-16-17-36-23)26-18-20-8-4-5-11-25(20)45-26)12-3-1-2-6-15-35-22-10-7-9-21-29(22)33(44)39(32(21)43)24-13-14-28(41)38-31(24)42/h4-5,7-11,16-19,24,30,35H,1-3,6,12-15H2,(H,37,40)(H,38,41,42). The largest absolute Gasteiger partial charge is 0.458 e. The van der Waals surface area contributed by atoms with E-state index in [-0.39, 0.29) is 29.9 Å². The number of rotatable bonds is 12. The molecule has 3 N–H and O–H groups in total. The molecule has 2 aliphatic rings. The van der Waals surface area contributed by atoms with E-state index < -0.39 is 35.7 Å². The van der Waals surface area contributed by atoms with Crippen LogP contribution in [0, 0.1) is 0 Å². The average Bonchev–Trinajstić information content (AvgIpc) is 3.58. The Morgan fingerprint density at radius 1 is 1.00 bits per heavy atom. The maximum Gasteiger partial charge on any atom is 0.264 e. The second-order valence-electron chi connectivity index (χ2n) is 11.1. The molecule has 0 saturated carbocycles. The van der Waals surface area contributed by atoms with E-state index in [1.54, 1.807) is 36.8 Å². The number of amides is 5. The molecule has 2 unspecified atom stereocenters. The van der Waals surface area contributed by atoms with Crippen LogP contribution in [0.1, 0.15) is 83.2 Å². The molecule has 4 heterocycles. The van der Waals surface area contributed by atoms with E-state index >= 15 is 0 Å². The van der Waals surface area contributed by atoms with Crippen molar-refractivity contribution in [1.82, 2.24) is 25.5 Å². The van der Waals surface area contributed by atoms with Gasteiger partial charge in [0.1, 0.15) is 23.4 Å². The minimum Gasteiger partial charge on any atom is -0.458 e.